The Kier molecular flexibility index (Phi) is 4.88. The molecule has 0 N–H and O–H groups in total. The van der Waals surface area contributed by atoms with Gasteiger partial charge in [-0.05, 0) is 12.5 Å². The first-order valence-corrected chi connectivity index (χ1v) is 5.52. The summed E-state index contributed by atoms with van der Waals surface area (Å²) < 4.78 is 0. The number of hydrogen-bond acceptors (Lipinski definition) is 2. The highest BCUT2D eigenvalue weighted by Gasteiger charge is 1.99. The van der Waals surface area contributed by atoms with Crippen molar-refractivity contribution in [3.05, 3.63) is 29.8 Å². The van der Waals surface area contributed by atoms with E-state index in [9.17, 15) is 0 Å². The molecular weight excluding hydrogens is 184 g/mol. The van der Waals surface area contributed by atoms with E-state index < -0.39 is 0 Å². The normalized spacial score (nSPS) is 10.9. The van der Waals surface area contributed by atoms with E-state index in [-0.39, 0.29) is 0 Å². The minimum absolute atomic E-state index is 0.929. The van der Waals surface area contributed by atoms with Gasteiger partial charge in [0.15, 0.2) is 0 Å². The Morgan fingerprint density at radius 3 is 2.67 bits per heavy atom. The molecular formula is C13H20N2. The second-order valence-electron chi connectivity index (χ2n) is 3.84. The van der Waals surface area contributed by atoms with Crippen LogP contribution in [0.25, 0.3) is 0 Å². The minimum atomic E-state index is 0.929. The van der Waals surface area contributed by atoms with Gasteiger partial charge in [-0.2, -0.15) is 0 Å². The number of para-hydroxylation sites is 1. The molecule has 1 aromatic rings. The Hall–Kier alpha value is -1.31. The molecule has 0 amide bonds. The van der Waals surface area contributed by atoms with Gasteiger partial charge >= 0.3 is 0 Å². The van der Waals surface area contributed by atoms with Crippen molar-refractivity contribution < 1.29 is 0 Å². The van der Waals surface area contributed by atoms with Gasteiger partial charge in [-0.15, -0.1) is 0 Å². The van der Waals surface area contributed by atoms with Gasteiger partial charge in [0.2, 0.25) is 0 Å². The number of benzene rings is 1. The summed E-state index contributed by atoms with van der Waals surface area (Å²) in [4.78, 5) is 6.54. The summed E-state index contributed by atoms with van der Waals surface area (Å²) in [6.07, 6.45) is 4.35. The summed E-state index contributed by atoms with van der Waals surface area (Å²) in [6.45, 7) is 3.11. The van der Waals surface area contributed by atoms with Gasteiger partial charge in [-0.25, -0.2) is 0 Å². The van der Waals surface area contributed by atoms with Gasteiger partial charge < -0.3 is 4.90 Å². The summed E-state index contributed by atoms with van der Waals surface area (Å²) in [5, 5.41) is 0. The largest absolute Gasteiger partial charge is 0.377 e. The van der Waals surface area contributed by atoms with Crippen LogP contribution < -0.4 is 4.90 Å². The van der Waals surface area contributed by atoms with Crippen molar-refractivity contribution in [3.8, 4) is 0 Å². The van der Waals surface area contributed by atoms with Crippen molar-refractivity contribution >= 4 is 11.9 Å². The predicted molar refractivity (Wildman–Crippen MR) is 68.1 cm³/mol. The lowest BCUT2D eigenvalue weighted by Gasteiger charge is -2.14. The van der Waals surface area contributed by atoms with E-state index >= 15 is 0 Å². The van der Waals surface area contributed by atoms with E-state index in [4.69, 9.17) is 0 Å². The smallest absolute Gasteiger partial charge is 0.0450 e. The van der Waals surface area contributed by atoms with Crippen molar-refractivity contribution in [2.24, 2.45) is 4.99 Å². The molecule has 0 radical (unpaired) electrons. The molecule has 0 saturated carbocycles. The van der Waals surface area contributed by atoms with Crippen LogP contribution in [0.15, 0.2) is 29.3 Å². The Morgan fingerprint density at radius 2 is 2.00 bits per heavy atom. The minimum Gasteiger partial charge on any atom is -0.377 e. The number of aliphatic imine (C=N–C) groups is 1. The monoisotopic (exact) mass is 204 g/mol. The van der Waals surface area contributed by atoms with E-state index in [2.05, 4.69) is 49.1 Å². The standard InChI is InChI=1S/C13H20N2/c1-4-5-10-14-11-12-8-6-7-9-13(12)15(2)3/h6-9,11H,4-5,10H2,1-3H3/b14-11+. The maximum Gasteiger partial charge on any atom is 0.0450 e. The summed E-state index contributed by atoms with van der Waals surface area (Å²) in [5.41, 5.74) is 2.41. The number of rotatable bonds is 5. The molecule has 2 heteroatoms. The number of hydrogen-bond donors (Lipinski definition) is 0. The lowest BCUT2D eigenvalue weighted by Crippen LogP contribution is -2.10. The molecule has 0 bridgehead atoms. The highest BCUT2D eigenvalue weighted by Crippen LogP contribution is 2.15. The van der Waals surface area contributed by atoms with E-state index in [1.54, 1.807) is 0 Å². The fourth-order valence-electron chi connectivity index (χ4n) is 1.42. The molecule has 1 aromatic carbocycles. The number of anilines is 1. The fraction of sp³-hybridized carbons (Fsp3) is 0.462. The predicted octanol–water partition coefficient (Wildman–Crippen LogP) is 2.97. The van der Waals surface area contributed by atoms with E-state index in [0.717, 1.165) is 6.54 Å². The first kappa shape index (κ1) is 11.8. The summed E-state index contributed by atoms with van der Waals surface area (Å²) in [6, 6.07) is 8.32. The average Bonchev–Trinajstić information content (AvgIpc) is 2.25. The maximum atomic E-state index is 4.42. The molecule has 0 aliphatic rings. The average molecular weight is 204 g/mol. The molecule has 0 heterocycles. The van der Waals surface area contributed by atoms with Gasteiger partial charge in [-0.1, -0.05) is 31.5 Å². The molecule has 0 aromatic heterocycles. The molecule has 82 valence electrons. The third-order valence-electron chi connectivity index (χ3n) is 2.29. The zero-order chi connectivity index (χ0) is 11.1. The molecule has 0 saturated heterocycles. The van der Waals surface area contributed by atoms with Crippen LogP contribution in [0.2, 0.25) is 0 Å². The van der Waals surface area contributed by atoms with Crippen LogP contribution in [0.5, 0.6) is 0 Å². The quantitative estimate of drug-likeness (QED) is 0.532. The Morgan fingerprint density at radius 1 is 1.27 bits per heavy atom. The van der Waals surface area contributed by atoms with Crippen LogP contribution in [0, 0.1) is 0 Å². The zero-order valence-corrected chi connectivity index (χ0v) is 9.90. The number of nitrogens with zero attached hydrogens (tertiary/aromatic N) is 2. The van der Waals surface area contributed by atoms with Gasteiger partial charge in [0.25, 0.3) is 0 Å². The molecule has 0 spiro atoms. The third kappa shape index (κ3) is 3.74. The SMILES string of the molecule is CCCC/N=C/c1ccccc1N(C)C. The van der Waals surface area contributed by atoms with Gasteiger partial charge in [-0.3, -0.25) is 4.99 Å². The van der Waals surface area contributed by atoms with Crippen molar-refractivity contribution in [1.82, 2.24) is 0 Å². The maximum absolute atomic E-state index is 4.42. The third-order valence-corrected chi connectivity index (χ3v) is 2.29. The van der Waals surface area contributed by atoms with Crippen LogP contribution in [0.4, 0.5) is 5.69 Å². The van der Waals surface area contributed by atoms with Crippen molar-refractivity contribution in [2.75, 3.05) is 25.5 Å². The lowest BCUT2D eigenvalue weighted by atomic mass is 10.2. The second kappa shape index (κ2) is 6.23. The molecule has 0 atom stereocenters. The topological polar surface area (TPSA) is 15.6 Å². The molecule has 0 aliphatic heterocycles. The van der Waals surface area contributed by atoms with Crippen LogP contribution in [0.3, 0.4) is 0 Å². The van der Waals surface area contributed by atoms with Gasteiger partial charge in [0, 0.05) is 38.1 Å². The fourth-order valence-corrected chi connectivity index (χ4v) is 1.42. The van der Waals surface area contributed by atoms with Crippen molar-refractivity contribution in [1.29, 1.82) is 0 Å². The van der Waals surface area contributed by atoms with Gasteiger partial charge in [0.05, 0.1) is 0 Å². The Labute approximate surface area is 92.6 Å². The highest BCUT2D eigenvalue weighted by molar-refractivity contribution is 5.87. The molecule has 0 aliphatic carbocycles. The first-order chi connectivity index (χ1) is 7.25. The van der Waals surface area contributed by atoms with Crippen LogP contribution in [-0.2, 0) is 0 Å². The summed E-state index contributed by atoms with van der Waals surface area (Å²) in [5.74, 6) is 0. The number of unbranched alkanes of at least 4 members (excludes halogenated alkanes) is 1. The molecule has 0 fully saturated rings. The van der Waals surface area contributed by atoms with E-state index in [1.807, 2.05) is 12.3 Å². The summed E-state index contributed by atoms with van der Waals surface area (Å²) >= 11 is 0. The molecule has 2 nitrogen and oxygen atoms in total. The Balaban J connectivity index is 2.71. The lowest BCUT2D eigenvalue weighted by molar-refractivity contribution is 0.810. The first-order valence-electron chi connectivity index (χ1n) is 5.52. The van der Waals surface area contributed by atoms with Gasteiger partial charge in [0.1, 0.15) is 0 Å². The van der Waals surface area contributed by atoms with Crippen molar-refractivity contribution in [2.45, 2.75) is 19.8 Å². The van der Waals surface area contributed by atoms with Crippen molar-refractivity contribution in [3.63, 3.8) is 0 Å². The van der Waals surface area contributed by atoms with Crippen LogP contribution >= 0.6 is 0 Å². The van der Waals surface area contributed by atoms with E-state index in [1.165, 1.54) is 24.1 Å². The molecule has 15 heavy (non-hydrogen) atoms. The second-order valence-corrected chi connectivity index (χ2v) is 3.84. The van der Waals surface area contributed by atoms with Crippen LogP contribution in [0.1, 0.15) is 25.3 Å². The highest BCUT2D eigenvalue weighted by atomic mass is 15.1. The molecule has 1 rings (SSSR count). The van der Waals surface area contributed by atoms with E-state index in [0.29, 0.717) is 0 Å². The molecule has 0 unspecified atom stereocenters. The summed E-state index contributed by atoms with van der Waals surface area (Å²) in [7, 11) is 4.11. The van der Waals surface area contributed by atoms with Crippen LogP contribution in [-0.4, -0.2) is 26.9 Å². The zero-order valence-electron chi connectivity index (χ0n) is 9.90. The Bertz CT molecular complexity index is 316.